The van der Waals surface area contributed by atoms with Crippen molar-refractivity contribution in [2.75, 3.05) is 26.4 Å². The number of esters is 2. The van der Waals surface area contributed by atoms with Gasteiger partial charge in [-0.25, -0.2) is 4.57 Å². The van der Waals surface area contributed by atoms with Gasteiger partial charge in [0.1, 0.15) is 6.61 Å². The minimum atomic E-state index is -4.39. The molecule has 0 saturated carbocycles. The van der Waals surface area contributed by atoms with Crippen molar-refractivity contribution in [3.63, 3.8) is 0 Å². The maximum atomic E-state index is 12.5. The molecule has 0 aromatic heterocycles. The lowest BCUT2D eigenvalue weighted by molar-refractivity contribution is -0.161. The first-order valence-electron chi connectivity index (χ1n) is 19.8. The van der Waals surface area contributed by atoms with E-state index in [0.717, 1.165) is 77.0 Å². The van der Waals surface area contributed by atoms with Crippen molar-refractivity contribution >= 4 is 19.8 Å². The molecule has 0 aromatic carbocycles. The summed E-state index contributed by atoms with van der Waals surface area (Å²) >= 11 is 0. The minimum absolute atomic E-state index is 0.0435. The molecule has 0 bridgehead atoms. The maximum Gasteiger partial charge on any atom is 0.472 e. The van der Waals surface area contributed by atoms with Crippen molar-refractivity contribution in [1.29, 1.82) is 0 Å². The predicted molar refractivity (Wildman–Crippen MR) is 210 cm³/mol. The summed E-state index contributed by atoms with van der Waals surface area (Å²) < 4.78 is 32.6. The van der Waals surface area contributed by atoms with Gasteiger partial charge in [-0.2, -0.15) is 0 Å². The minimum Gasteiger partial charge on any atom is -0.462 e. The zero-order valence-corrected chi connectivity index (χ0v) is 33.0. The Labute approximate surface area is 310 Å². The van der Waals surface area contributed by atoms with Gasteiger partial charge in [0.25, 0.3) is 0 Å². The molecule has 0 amide bonds. The second-order valence-corrected chi connectivity index (χ2v) is 14.2. The van der Waals surface area contributed by atoms with Gasteiger partial charge in [0.15, 0.2) is 6.10 Å². The molecule has 2 atom stereocenters. The third kappa shape index (κ3) is 37.3. The molecule has 0 spiro atoms. The first kappa shape index (κ1) is 48.7. The number of allylic oxidation sites excluding steroid dienone is 10. The van der Waals surface area contributed by atoms with Crippen molar-refractivity contribution in [3.05, 3.63) is 60.8 Å². The smallest absolute Gasteiger partial charge is 0.462 e. The number of unbranched alkanes of at least 4 members (excludes halogenated alkanes) is 13. The zero-order valence-electron chi connectivity index (χ0n) is 32.1. The van der Waals surface area contributed by atoms with Gasteiger partial charge in [-0.1, -0.05) is 126 Å². The number of phosphoric ester groups is 1. The van der Waals surface area contributed by atoms with Gasteiger partial charge in [0.2, 0.25) is 0 Å². The Balaban J connectivity index is 4.30. The van der Waals surface area contributed by atoms with Crippen LogP contribution in [0.5, 0.6) is 0 Å². The average molecular weight is 738 g/mol. The van der Waals surface area contributed by atoms with E-state index in [2.05, 4.69) is 74.6 Å². The molecule has 294 valence electrons. The lowest BCUT2D eigenvalue weighted by atomic mass is 10.1. The number of rotatable bonds is 36. The number of hydrogen-bond acceptors (Lipinski definition) is 8. The normalized spacial score (nSPS) is 14.0. The van der Waals surface area contributed by atoms with Crippen LogP contribution in [0, 0.1) is 0 Å². The first-order valence-corrected chi connectivity index (χ1v) is 21.3. The fourth-order valence-electron chi connectivity index (χ4n) is 4.97. The number of carbonyl (C=O) groups is 2. The van der Waals surface area contributed by atoms with Crippen molar-refractivity contribution in [2.24, 2.45) is 5.73 Å². The SMILES string of the molecule is CC/C=C/C/C=C/C/C=C/CCCCCCCC(=O)O[C@H](COC(=O)CCCC/C=C/C/C=C/CCCCCCCC)COP(=O)(O)OCCN. The molecule has 0 fully saturated rings. The Hall–Kier alpha value is -2.29. The van der Waals surface area contributed by atoms with Crippen LogP contribution in [-0.2, 0) is 32.7 Å². The highest BCUT2D eigenvalue weighted by Crippen LogP contribution is 2.43. The maximum absolute atomic E-state index is 12.5. The second kappa shape index (κ2) is 37.5. The van der Waals surface area contributed by atoms with E-state index in [4.69, 9.17) is 24.3 Å². The fourth-order valence-corrected chi connectivity index (χ4v) is 5.74. The van der Waals surface area contributed by atoms with Gasteiger partial charge in [-0.3, -0.25) is 18.6 Å². The van der Waals surface area contributed by atoms with E-state index in [1.54, 1.807) is 0 Å². The summed E-state index contributed by atoms with van der Waals surface area (Å²) in [7, 11) is -4.39. The third-order valence-electron chi connectivity index (χ3n) is 7.89. The quantitative estimate of drug-likeness (QED) is 0.0279. The molecule has 51 heavy (non-hydrogen) atoms. The lowest BCUT2D eigenvalue weighted by Gasteiger charge is -2.19. The molecule has 0 aliphatic rings. The summed E-state index contributed by atoms with van der Waals surface area (Å²) in [6.07, 6.45) is 42.5. The molecule has 0 rings (SSSR count). The topological polar surface area (TPSA) is 134 Å². The van der Waals surface area contributed by atoms with Gasteiger partial charge in [-0.05, 0) is 77.0 Å². The highest BCUT2D eigenvalue weighted by atomic mass is 31.2. The largest absolute Gasteiger partial charge is 0.472 e. The van der Waals surface area contributed by atoms with Crippen LogP contribution in [0.3, 0.4) is 0 Å². The van der Waals surface area contributed by atoms with E-state index in [9.17, 15) is 19.0 Å². The summed E-state index contributed by atoms with van der Waals surface area (Å²) in [5, 5.41) is 0. The monoisotopic (exact) mass is 737 g/mol. The molecule has 0 saturated heterocycles. The van der Waals surface area contributed by atoms with Crippen LogP contribution in [-0.4, -0.2) is 49.3 Å². The molecular formula is C41H72NO8P. The molecule has 9 nitrogen and oxygen atoms in total. The van der Waals surface area contributed by atoms with E-state index in [1.807, 2.05) is 0 Å². The van der Waals surface area contributed by atoms with E-state index in [-0.39, 0.29) is 32.6 Å². The van der Waals surface area contributed by atoms with E-state index in [0.29, 0.717) is 12.8 Å². The van der Waals surface area contributed by atoms with Crippen LogP contribution < -0.4 is 5.73 Å². The highest BCUT2D eigenvalue weighted by molar-refractivity contribution is 7.47. The Kier molecular flexibility index (Phi) is 35.8. The number of carbonyl (C=O) groups excluding carboxylic acids is 2. The number of hydrogen-bond donors (Lipinski definition) is 2. The molecule has 0 heterocycles. The Morgan fingerprint density at radius 2 is 1.08 bits per heavy atom. The molecule has 1 unspecified atom stereocenters. The molecule has 0 aliphatic carbocycles. The number of phosphoric acid groups is 1. The Bertz CT molecular complexity index is 1020. The number of nitrogens with two attached hydrogens (primary N) is 1. The third-order valence-corrected chi connectivity index (χ3v) is 8.87. The van der Waals surface area contributed by atoms with Gasteiger partial charge in [0.05, 0.1) is 13.2 Å². The lowest BCUT2D eigenvalue weighted by Crippen LogP contribution is -2.29. The summed E-state index contributed by atoms with van der Waals surface area (Å²) in [5.74, 6) is -0.893. The van der Waals surface area contributed by atoms with Gasteiger partial charge < -0.3 is 20.1 Å². The summed E-state index contributed by atoms with van der Waals surface area (Å²) in [4.78, 5) is 34.7. The van der Waals surface area contributed by atoms with E-state index in [1.165, 1.54) is 38.5 Å². The van der Waals surface area contributed by atoms with Gasteiger partial charge in [-0.15, -0.1) is 0 Å². The van der Waals surface area contributed by atoms with Crippen molar-refractivity contribution < 1.29 is 37.6 Å². The predicted octanol–water partition coefficient (Wildman–Crippen LogP) is 10.9. The Morgan fingerprint density at radius 1 is 0.608 bits per heavy atom. The molecule has 0 radical (unpaired) electrons. The van der Waals surface area contributed by atoms with Gasteiger partial charge in [0, 0.05) is 19.4 Å². The second-order valence-electron chi connectivity index (χ2n) is 12.8. The standard InChI is InChI=1S/C41H72NO8P/c1-3-5-7-9-11-13-15-17-19-21-23-25-27-29-31-33-40(43)47-37-39(38-49-51(45,46)48-36-35-42)50-41(44)34-32-30-28-26-24-22-20-18-16-14-12-10-8-6-4-2/h6,8,12,14,17-20,23,25,39H,3-5,7,9-11,13,15-16,21-22,24,26-38,42H2,1-2H3,(H,45,46)/b8-6+,14-12+,19-17+,20-18+,25-23+/t39-/m1/s1. The van der Waals surface area contributed by atoms with Crippen LogP contribution in [0.25, 0.3) is 0 Å². The van der Waals surface area contributed by atoms with Crippen molar-refractivity contribution in [3.8, 4) is 0 Å². The summed E-state index contributed by atoms with van der Waals surface area (Å²) in [5.41, 5.74) is 5.33. The fraction of sp³-hybridized carbons (Fsp3) is 0.707. The Morgan fingerprint density at radius 3 is 1.65 bits per heavy atom. The average Bonchev–Trinajstić information content (AvgIpc) is 3.11. The zero-order chi connectivity index (χ0) is 37.5. The van der Waals surface area contributed by atoms with Crippen LogP contribution in [0.4, 0.5) is 0 Å². The first-order chi connectivity index (χ1) is 24.8. The molecular weight excluding hydrogens is 665 g/mol. The molecule has 3 N–H and O–H groups in total. The summed E-state index contributed by atoms with van der Waals surface area (Å²) in [6.45, 7) is 3.53. The highest BCUT2D eigenvalue weighted by Gasteiger charge is 2.25. The van der Waals surface area contributed by atoms with Crippen molar-refractivity contribution in [2.45, 2.75) is 161 Å². The molecule has 0 aromatic rings. The number of ether oxygens (including phenoxy) is 2. The van der Waals surface area contributed by atoms with E-state index >= 15 is 0 Å². The van der Waals surface area contributed by atoms with Crippen LogP contribution in [0.15, 0.2) is 60.8 Å². The molecule has 0 aliphatic heterocycles. The summed E-state index contributed by atoms with van der Waals surface area (Å²) in [6, 6.07) is 0. The van der Waals surface area contributed by atoms with Crippen LogP contribution in [0.1, 0.15) is 155 Å². The molecule has 10 heteroatoms. The van der Waals surface area contributed by atoms with Crippen molar-refractivity contribution in [1.82, 2.24) is 0 Å². The van der Waals surface area contributed by atoms with Crippen LogP contribution >= 0.6 is 7.82 Å². The van der Waals surface area contributed by atoms with Crippen LogP contribution in [0.2, 0.25) is 0 Å². The van der Waals surface area contributed by atoms with Gasteiger partial charge >= 0.3 is 19.8 Å². The van der Waals surface area contributed by atoms with E-state index < -0.39 is 32.5 Å².